The average Bonchev–Trinajstić information content (AvgIpc) is 3.14. The highest BCUT2D eigenvalue weighted by Gasteiger charge is 2.21. The van der Waals surface area contributed by atoms with E-state index < -0.39 is 4.92 Å². The van der Waals surface area contributed by atoms with Crippen molar-refractivity contribution in [2.75, 3.05) is 0 Å². The lowest BCUT2D eigenvalue weighted by Crippen LogP contribution is -2.15. The van der Waals surface area contributed by atoms with Gasteiger partial charge in [0.15, 0.2) is 0 Å². The van der Waals surface area contributed by atoms with Crippen LogP contribution in [0, 0.1) is 10.1 Å². The summed E-state index contributed by atoms with van der Waals surface area (Å²) in [6.45, 7) is 0.618. The molecule has 0 atom stereocenters. The Hall–Kier alpha value is -1.70. The van der Waals surface area contributed by atoms with Gasteiger partial charge in [-0.15, -0.1) is 5.10 Å². The molecule has 1 aliphatic carbocycles. The second-order valence-corrected chi connectivity index (χ2v) is 5.64. The van der Waals surface area contributed by atoms with Crippen LogP contribution in [0.15, 0.2) is 18.3 Å². The lowest BCUT2D eigenvalue weighted by atomic mass is 10.3. The zero-order chi connectivity index (χ0) is 15.0. The normalized spacial score (nSPS) is 14.4. The Morgan fingerprint density at radius 3 is 2.62 bits per heavy atom. The number of halogens is 2. The molecular weight excluding hydrogens is 317 g/mol. The van der Waals surface area contributed by atoms with Crippen LogP contribution in [0.2, 0.25) is 10.0 Å². The van der Waals surface area contributed by atoms with Gasteiger partial charge in [0.2, 0.25) is 0 Å². The second-order valence-electron chi connectivity index (χ2n) is 4.82. The van der Waals surface area contributed by atoms with E-state index in [1.54, 1.807) is 6.20 Å². The molecule has 2 aromatic rings. The molecular formula is C12H11Cl2N5O2. The summed E-state index contributed by atoms with van der Waals surface area (Å²) < 4.78 is 1.43. The number of non-ortho nitro benzene ring substituents is 1. The molecule has 0 bridgehead atoms. The summed E-state index contributed by atoms with van der Waals surface area (Å²) in [4.78, 5) is 10.2. The SMILES string of the molecule is O=[N+]([O-])c1cc(Cl)c(-n2cc(CNC3CC3)nn2)c(Cl)c1. The van der Waals surface area contributed by atoms with Crippen LogP contribution in [0.3, 0.4) is 0 Å². The van der Waals surface area contributed by atoms with Gasteiger partial charge in [-0.05, 0) is 12.8 Å². The Morgan fingerprint density at radius 2 is 2.05 bits per heavy atom. The summed E-state index contributed by atoms with van der Waals surface area (Å²) in [5.74, 6) is 0. The molecule has 1 saturated carbocycles. The van der Waals surface area contributed by atoms with Gasteiger partial charge in [0, 0.05) is 24.7 Å². The highest BCUT2D eigenvalue weighted by molar-refractivity contribution is 6.38. The van der Waals surface area contributed by atoms with E-state index in [1.165, 1.54) is 29.7 Å². The maximum absolute atomic E-state index is 10.8. The predicted molar refractivity (Wildman–Crippen MR) is 77.9 cm³/mol. The summed E-state index contributed by atoms with van der Waals surface area (Å²) >= 11 is 12.1. The fraction of sp³-hybridized carbons (Fsp3) is 0.333. The molecule has 0 saturated heterocycles. The Morgan fingerprint density at radius 1 is 1.38 bits per heavy atom. The van der Waals surface area contributed by atoms with Crippen molar-refractivity contribution in [2.24, 2.45) is 0 Å². The van der Waals surface area contributed by atoms with Crippen LogP contribution in [0.25, 0.3) is 5.69 Å². The fourth-order valence-corrected chi connectivity index (χ4v) is 2.55. The highest BCUT2D eigenvalue weighted by Crippen LogP contribution is 2.32. The zero-order valence-electron chi connectivity index (χ0n) is 10.8. The number of aromatic nitrogens is 3. The Balaban J connectivity index is 1.87. The average molecular weight is 328 g/mol. The number of benzene rings is 1. The zero-order valence-corrected chi connectivity index (χ0v) is 12.3. The summed E-state index contributed by atoms with van der Waals surface area (Å²) in [6.07, 6.45) is 4.08. The van der Waals surface area contributed by atoms with E-state index >= 15 is 0 Å². The topological polar surface area (TPSA) is 85.9 Å². The van der Waals surface area contributed by atoms with Crippen molar-refractivity contribution in [1.29, 1.82) is 0 Å². The molecule has 0 aliphatic heterocycles. The maximum Gasteiger partial charge on any atom is 0.272 e. The summed E-state index contributed by atoms with van der Waals surface area (Å²) in [6, 6.07) is 3.06. The van der Waals surface area contributed by atoms with Gasteiger partial charge in [-0.25, -0.2) is 4.68 Å². The van der Waals surface area contributed by atoms with Crippen LogP contribution in [0.5, 0.6) is 0 Å². The van der Waals surface area contributed by atoms with E-state index in [4.69, 9.17) is 23.2 Å². The first-order valence-electron chi connectivity index (χ1n) is 6.33. The van der Waals surface area contributed by atoms with Crippen molar-refractivity contribution in [3.8, 4) is 5.69 Å². The molecule has 7 nitrogen and oxygen atoms in total. The lowest BCUT2D eigenvalue weighted by molar-refractivity contribution is -0.384. The van der Waals surface area contributed by atoms with Gasteiger partial charge < -0.3 is 5.32 Å². The van der Waals surface area contributed by atoms with Crippen LogP contribution in [0.1, 0.15) is 18.5 Å². The van der Waals surface area contributed by atoms with Gasteiger partial charge in [0.25, 0.3) is 5.69 Å². The smallest absolute Gasteiger partial charge is 0.272 e. The van der Waals surface area contributed by atoms with E-state index in [-0.39, 0.29) is 15.7 Å². The van der Waals surface area contributed by atoms with Gasteiger partial charge in [0.05, 0.1) is 26.9 Å². The number of nitrogens with zero attached hydrogens (tertiary/aromatic N) is 4. The standard InChI is InChI=1S/C12H11Cl2N5O2/c13-10-3-9(19(20)21)4-11(14)12(10)18-6-8(16-17-18)5-15-7-1-2-7/h3-4,6-7,15H,1-2,5H2. The first kappa shape index (κ1) is 14.2. The Bertz CT molecular complexity index is 676. The lowest BCUT2D eigenvalue weighted by Gasteiger charge is -2.05. The minimum absolute atomic E-state index is 0.154. The van der Waals surface area contributed by atoms with Crippen LogP contribution < -0.4 is 5.32 Å². The molecule has 110 valence electrons. The quantitative estimate of drug-likeness (QED) is 0.674. The van der Waals surface area contributed by atoms with Crippen molar-refractivity contribution < 1.29 is 4.92 Å². The molecule has 1 aromatic carbocycles. The molecule has 21 heavy (non-hydrogen) atoms. The number of nitro benzene ring substituents is 1. The van der Waals surface area contributed by atoms with Crippen molar-refractivity contribution in [1.82, 2.24) is 20.3 Å². The molecule has 3 rings (SSSR count). The second kappa shape index (κ2) is 5.59. The van der Waals surface area contributed by atoms with Gasteiger partial charge in [0.1, 0.15) is 5.69 Å². The van der Waals surface area contributed by atoms with E-state index in [9.17, 15) is 10.1 Å². The van der Waals surface area contributed by atoms with Crippen LogP contribution >= 0.6 is 23.2 Å². The highest BCUT2D eigenvalue weighted by atomic mass is 35.5. The predicted octanol–water partition coefficient (Wildman–Crippen LogP) is 2.73. The molecule has 0 radical (unpaired) electrons. The number of hydrogen-bond donors (Lipinski definition) is 1. The molecule has 0 unspecified atom stereocenters. The summed E-state index contributed by atoms with van der Waals surface area (Å²) in [5.41, 5.74) is 0.978. The number of rotatable bonds is 5. The third-order valence-corrected chi connectivity index (χ3v) is 3.71. The van der Waals surface area contributed by atoms with Crippen LogP contribution in [0.4, 0.5) is 5.69 Å². The molecule has 0 spiro atoms. The Kier molecular flexibility index (Phi) is 3.79. The molecule has 1 aliphatic rings. The Labute approximate surface area is 130 Å². The van der Waals surface area contributed by atoms with Gasteiger partial charge >= 0.3 is 0 Å². The van der Waals surface area contributed by atoms with Crippen molar-refractivity contribution >= 4 is 28.9 Å². The van der Waals surface area contributed by atoms with Crippen molar-refractivity contribution in [3.05, 3.63) is 44.2 Å². The molecule has 1 fully saturated rings. The first-order valence-corrected chi connectivity index (χ1v) is 7.08. The van der Waals surface area contributed by atoms with E-state index in [2.05, 4.69) is 15.6 Å². The minimum Gasteiger partial charge on any atom is -0.308 e. The third-order valence-electron chi connectivity index (χ3n) is 3.13. The minimum atomic E-state index is -0.548. The summed E-state index contributed by atoms with van der Waals surface area (Å²) in [7, 11) is 0. The van der Waals surface area contributed by atoms with Crippen LogP contribution in [-0.2, 0) is 6.54 Å². The number of nitrogens with one attached hydrogen (secondary N) is 1. The molecule has 1 heterocycles. The fourth-order valence-electron chi connectivity index (χ4n) is 1.90. The van der Waals surface area contributed by atoms with Crippen LogP contribution in [-0.4, -0.2) is 26.0 Å². The van der Waals surface area contributed by atoms with Gasteiger partial charge in [-0.2, -0.15) is 0 Å². The van der Waals surface area contributed by atoms with E-state index in [0.717, 1.165) is 5.69 Å². The number of nitro groups is 1. The monoisotopic (exact) mass is 327 g/mol. The van der Waals surface area contributed by atoms with Gasteiger partial charge in [-0.3, -0.25) is 10.1 Å². The maximum atomic E-state index is 10.8. The van der Waals surface area contributed by atoms with Gasteiger partial charge in [-0.1, -0.05) is 28.4 Å². The number of hydrogen-bond acceptors (Lipinski definition) is 5. The summed E-state index contributed by atoms with van der Waals surface area (Å²) in [5, 5.41) is 22.4. The molecule has 9 heteroatoms. The van der Waals surface area contributed by atoms with E-state index in [0.29, 0.717) is 18.3 Å². The van der Waals surface area contributed by atoms with Crippen molar-refractivity contribution in [2.45, 2.75) is 25.4 Å². The molecule has 0 amide bonds. The molecule has 1 N–H and O–H groups in total. The van der Waals surface area contributed by atoms with Crippen molar-refractivity contribution in [3.63, 3.8) is 0 Å². The first-order chi connectivity index (χ1) is 10.0. The molecule has 1 aromatic heterocycles. The van der Waals surface area contributed by atoms with E-state index in [1.807, 2.05) is 0 Å². The largest absolute Gasteiger partial charge is 0.308 e. The third kappa shape index (κ3) is 3.15.